The van der Waals surface area contributed by atoms with Crippen LogP contribution >= 0.6 is 0 Å². The first-order valence-corrected chi connectivity index (χ1v) is 5.58. The Morgan fingerprint density at radius 3 is 2.72 bits per heavy atom. The van der Waals surface area contributed by atoms with Gasteiger partial charge in [0.25, 0.3) is 0 Å². The molecule has 0 radical (unpaired) electrons. The number of hydrogen-bond donors (Lipinski definition) is 3. The van der Waals surface area contributed by atoms with E-state index in [0.717, 1.165) is 0 Å². The maximum atomic E-state index is 9.78. The Kier molecular flexibility index (Phi) is 6.21. The van der Waals surface area contributed by atoms with Crippen LogP contribution < -0.4 is 5.32 Å². The Hall–Kier alpha value is -2.14. The molecule has 0 saturated carbocycles. The van der Waals surface area contributed by atoms with E-state index in [2.05, 4.69) is 15.3 Å². The van der Waals surface area contributed by atoms with Crippen molar-refractivity contribution in [2.24, 2.45) is 9.98 Å². The lowest BCUT2D eigenvalue weighted by molar-refractivity contribution is 0.187. The molecule has 1 atom stereocenters. The van der Waals surface area contributed by atoms with Crippen LogP contribution in [0.3, 0.4) is 0 Å². The van der Waals surface area contributed by atoms with Crippen LogP contribution in [0.25, 0.3) is 0 Å². The van der Waals surface area contributed by atoms with Gasteiger partial charge in [-0.15, -0.1) is 0 Å². The Bertz CT molecular complexity index is 424. The lowest BCUT2D eigenvalue weighted by atomic mass is 10.1. The van der Waals surface area contributed by atoms with Gasteiger partial charge in [0.1, 0.15) is 12.1 Å². The third-order valence-corrected chi connectivity index (χ3v) is 2.12. The second-order valence-corrected chi connectivity index (χ2v) is 3.53. The molecule has 0 fully saturated rings. The average Bonchev–Trinajstić information content (AvgIpc) is 2.38. The van der Waals surface area contributed by atoms with E-state index in [4.69, 9.17) is 5.11 Å². The topological polar surface area (TPSA) is 77.2 Å². The molecule has 0 spiro atoms. The number of aliphatic imine (C=N–C) groups is 2. The van der Waals surface area contributed by atoms with Crippen molar-refractivity contribution in [1.82, 2.24) is 5.32 Å². The zero-order valence-electron chi connectivity index (χ0n) is 10.2. The first-order valence-electron chi connectivity index (χ1n) is 5.58. The van der Waals surface area contributed by atoms with Gasteiger partial charge in [-0.05, 0) is 30.8 Å². The van der Waals surface area contributed by atoms with E-state index in [1.54, 1.807) is 18.3 Å². The Labute approximate surface area is 106 Å². The summed E-state index contributed by atoms with van der Waals surface area (Å²) in [6.45, 7) is 2.12. The summed E-state index contributed by atoms with van der Waals surface area (Å²) in [6, 6.07) is 6.38. The van der Waals surface area contributed by atoms with Crippen LogP contribution in [0.2, 0.25) is 0 Å². The summed E-state index contributed by atoms with van der Waals surface area (Å²) >= 11 is 0. The van der Waals surface area contributed by atoms with Gasteiger partial charge in [0, 0.05) is 0 Å². The first kappa shape index (κ1) is 13.9. The third kappa shape index (κ3) is 5.27. The summed E-state index contributed by atoms with van der Waals surface area (Å²) in [6.07, 6.45) is 5.76. The fourth-order valence-electron chi connectivity index (χ4n) is 1.21. The number of nitrogens with one attached hydrogen (secondary N) is 1. The Morgan fingerprint density at radius 1 is 1.33 bits per heavy atom. The van der Waals surface area contributed by atoms with E-state index in [9.17, 15) is 5.11 Å². The summed E-state index contributed by atoms with van der Waals surface area (Å²) < 4.78 is 0. The second kappa shape index (κ2) is 8.03. The highest BCUT2D eigenvalue weighted by Gasteiger charge is 2.05. The predicted octanol–water partition coefficient (Wildman–Crippen LogP) is 1.61. The van der Waals surface area contributed by atoms with E-state index in [-0.39, 0.29) is 12.3 Å². The number of benzene rings is 1. The molecule has 0 bridgehead atoms. The molecule has 1 aromatic rings. The fourth-order valence-corrected chi connectivity index (χ4v) is 1.21. The number of aliphatic hydroxyl groups is 1. The van der Waals surface area contributed by atoms with E-state index in [1.807, 2.05) is 13.0 Å². The minimum absolute atomic E-state index is 0.175. The van der Waals surface area contributed by atoms with Gasteiger partial charge in [-0.1, -0.05) is 18.2 Å². The summed E-state index contributed by atoms with van der Waals surface area (Å²) in [7, 11) is 0. The van der Waals surface area contributed by atoms with Crippen LogP contribution in [0.1, 0.15) is 18.6 Å². The Morgan fingerprint density at radius 2 is 2.06 bits per heavy atom. The molecule has 0 aliphatic heterocycles. The molecule has 3 N–H and O–H groups in total. The number of allylic oxidation sites excluding steroid dienone is 1. The highest BCUT2D eigenvalue weighted by Crippen LogP contribution is 2.16. The minimum Gasteiger partial charge on any atom is -0.508 e. The molecule has 0 aliphatic carbocycles. The molecule has 0 heterocycles. The van der Waals surface area contributed by atoms with E-state index in [0.29, 0.717) is 5.56 Å². The van der Waals surface area contributed by atoms with Crippen molar-refractivity contribution in [3.63, 3.8) is 0 Å². The van der Waals surface area contributed by atoms with Crippen LogP contribution in [0.4, 0.5) is 0 Å². The molecule has 0 aliphatic rings. The number of nitrogens with zero attached hydrogens (tertiary/aromatic N) is 2. The fraction of sp³-hybridized carbons (Fsp3) is 0.231. The van der Waals surface area contributed by atoms with Gasteiger partial charge in [0.05, 0.1) is 19.0 Å². The minimum atomic E-state index is -0.694. The second-order valence-electron chi connectivity index (χ2n) is 3.53. The van der Waals surface area contributed by atoms with Crippen molar-refractivity contribution in [1.29, 1.82) is 0 Å². The molecule has 1 aromatic carbocycles. The monoisotopic (exact) mass is 247 g/mol. The molecule has 1 rings (SSSR count). The van der Waals surface area contributed by atoms with E-state index >= 15 is 0 Å². The van der Waals surface area contributed by atoms with Crippen molar-refractivity contribution >= 4 is 12.7 Å². The smallest absolute Gasteiger partial charge is 0.115 e. The van der Waals surface area contributed by atoms with Crippen LogP contribution in [0.5, 0.6) is 5.75 Å². The summed E-state index contributed by atoms with van der Waals surface area (Å²) in [5.74, 6) is 0.175. The molecule has 0 aromatic heterocycles. The summed E-state index contributed by atoms with van der Waals surface area (Å²) in [4.78, 5) is 7.83. The molecular weight excluding hydrogens is 230 g/mol. The lowest BCUT2D eigenvalue weighted by Crippen LogP contribution is -2.02. The lowest BCUT2D eigenvalue weighted by Gasteiger charge is -2.07. The van der Waals surface area contributed by atoms with Crippen molar-refractivity contribution in [2.45, 2.75) is 13.0 Å². The molecule has 1 unspecified atom stereocenters. The van der Waals surface area contributed by atoms with Crippen molar-refractivity contribution in [2.75, 3.05) is 6.54 Å². The van der Waals surface area contributed by atoms with Gasteiger partial charge in [-0.25, -0.2) is 4.99 Å². The largest absolute Gasteiger partial charge is 0.508 e. The maximum Gasteiger partial charge on any atom is 0.115 e. The summed E-state index contributed by atoms with van der Waals surface area (Å²) in [5, 5.41) is 21.7. The molecule has 5 nitrogen and oxygen atoms in total. The Balaban J connectivity index is 2.36. The predicted molar refractivity (Wildman–Crippen MR) is 72.9 cm³/mol. The zero-order valence-corrected chi connectivity index (χ0v) is 10.2. The molecule has 0 saturated heterocycles. The highest BCUT2D eigenvalue weighted by molar-refractivity contribution is 5.71. The van der Waals surface area contributed by atoms with Crippen LogP contribution in [-0.2, 0) is 0 Å². The molecule has 18 heavy (non-hydrogen) atoms. The van der Waals surface area contributed by atoms with Gasteiger partial charge in [-0.2, -0.15) is 0 Å². The SMILES string of the molecule is C/C=C\NC=NC=NCC(O)c1ccc(O)cc1. The van der Waals surface area contributed by atoms with Gasteiger partial charge in [-0.3, -0.25) is 4.99 Å². The number of aromatic hydroxyl groups is 1. The standard InChI is InChI=1S/C13H17N3O2/c1-2-7-14-9-16-10-15-8-13(18)11-3-5-12(17)6-4-11/h2-7,9-10,13,17-18H,8H2,1H3,(H,14,15,16)/b7-2-. The zero-order chi connectivity index (χ0) is 13.2. The number of phenols is 1. The number of phenolic OH excluding ortho intramolecular Hbond substituents is 1. The van der Waals surface area contributed by atoms with Gasteiger partial charge in [0.2, 0.25) is 0 Å². The number of aliphatic hydroxyl groups excluding tert-OH is 1. The van der Waals surface area contributed by atoms with Crippen molar-refractivity contribution in [3.05, 3.63) is 42.1 Å². The molecule has 0 amide bonds. The molecule has 5 heteroatoms. The van der Waals surface area contributed by atoms with E-state index < -0.39 is 6.10 Å². The van der Waals surface area contributed by atoms with Gasteiger partial charge >= 0.3 is 0 Å². The van der Waals surface area contributed by atoms with Crippen molar-refractivity contribution in [3.8, 4) is 5.75 Å². The van der Waals surface area contributed by atoms with Crippen LogP contribution in [-0.4, -0.2) is 29.4 Å². The quantitative estimate of drug-likeness (QED) is 0.528. The molecule has 96 valence electrons. The van der Waals surface area contributed by atoms with Crippen molar-refractivity contribution < 1.29 is 10.2 Å². The van der Waals surface area contributed by atoms with Gasteiger partial charge in [0.15, 0.2) is 0 Å². The summed E-state index contributed by atoms with van der Waals surface area (Å²) in [5.41, 5.74) is 0.709. The third-order valence-electron chi connectivity index (χ3n) is 2.12. The number of hydrogen-bond acceptors (Lipinski definition) is 3. The number of rotatable bonds is 6. The molecular formula is C13H17N3O2. The van der Waals surface area contributed by atoms with Gasteiger partial charge < -0.3 is 15.5 Å². The maximum absolute atomic E-state index is 9.78. The van der Waals surface area contributed by atoms with E-state index in [1.165, 1.54) is 24.8 Å². The van der Waals surface area contributed by atoms with Crippen LogP contribution in [0.15, 0.2) is 46.5 Å². The van der Waals surface area contributed by atoms with Crippen LogP contribution in [0, 0.1) is 0 Å². The highest BCUT2D eigenvalue weighted by atomic mass is 16.3. The average molecular weight is 247 g/mol. The first-order chi connectivity index (χ1) is 8.74. The normalized spacial score (nSPS) is 13.7.